The topological polar surface area (TPSA) is 41.0 Å². The lowest BCUT2D eigenvalue weighted by Crippen LogP contribution is -2.62. The molecule has 1 N–H and O–H groups in total. The van der Waals surface area contributed by atoms with Crippen LogP contribution in [0.3, 0.4) is 0 Å². The molecule has 2 aliphatic rings. The summed E-state index contributed by atoms with van der Waals surface area (Å²) in [5.74, 6) is 1.13. The Bertz CT molecular complexity index is 620. The van der Waals surface area contributed by atoms with Crippen molar-refractivity contribution < 1.29 is 0 Å². The maximum atomic E-state index is 4.67. The van der Waals surface area contributed by atoms with Crippen LogP contribution >= 0.6 is 0 Å². The van der Waals surface area contributed by atoms with Crippen LogP contribution in [0.15, 0.2) is 30.6 Å². The van der Waals surface area contributed by atoms with Gasteiger partial charge in [0.15, 0.2) is 0 Å². The number of hydrogen-bond acceptors (Lipinski definition) is 4. The molecule has 110 valence electrons. The van der Waals surface area contributed by atoms with Crippen molar-refractivity contribution in [2.24, 2.45) is 0 Å². The van der Waals surface area contributed by atoms with Crippen molar-refractivity contribution in [2.75, 3.05) is 24.5 Å². The molecule has 2 heterocycles. The van der Waals surface area contributed by atoms with E-state index in [0.717, 1.165) is 31.0 Å². The van der Waals surface area contributed by atoms with Gasteiger partial charge in [-0.05, 0) is 25.0 Å². The molecule has 1 aromatic carbocycles. The first-order chi connectivity index (χ1) is 10.4. The summed E-state index contributed by atoms with van der Waals surface area (Å²) in [6, 6.07) is 8.37. The molecular formula is C17H22N4. The number of rotatable bonds is 1. The van der Waals surface area contributed by atoms with Gasteiger partial charge < -0.3 is 10.2 Å². The predicted octanol–water partition coefficient (Wildman–Crippen LogP) is 2.74. The Balaban J connectivity index is 1.81. The maximum absolute atomic E-state index is 4.67. The lowest BCUT2D eigenvalue weighted by atomic mass is 9.79. The zero-order valence-corrected chi connectivity index (χ0v) is 12.4. The Labute approximate surface area is 125 Å². The zero-order chi connectivity index (χ0) is 14.1. The first kappa shape index (κ1) is 13.0. The molecule has 0 radical (unpaired) electrons. The quantitative estimate of drug-likeness (QED) is 0.873. The molecule has 4 nitrogen and oxygen atoms in total. The summed E-state index contributed by atoms with van der Waals surface area (Å²) in [6.07, 6.45) is 8.31. The van der Waals surface area contributed by atoms with Gasteiger partial charge in [0.1, 0.15) is 12.1 Å². The molecule has 1 aliphatic heterocycles. The molecule has 1 aliphatic carbocycles. The van der Waals surface area contributed by atoms with Crippen LogP contribution in [0.2, 0.25) is 0 Å². The van der Waals surface area contributed by atoms with Crippen molar-refractivity contribution in [3.8, 4) is 0 Å². The Morgan fingerprint density at radius 1 is 1.05 bits per heavy atom. The third-order valence-corrected chi connectivity index (χ3v) is 5.10. The molecule has 4 rings (SSSR count). The van der Waals surface area contributed by atoms with E-state index in [1.54, 1.807) is 6.33 Å². The van der Waals surface area contributed by atoms with Crippen LogP contribution in [0.25, 0.3) is 10.9 Å². The van der Waals surface area contributed by atoms with Gasteiger partial charge in [-0.25, -0.2) is 9.97 Å². The SMILES string of the molecule is c1ccc2c(N3CCNCC34CCCCC4)ncnc2c1. The van der Waals surface area contributed by atoms with Gasteiger partial charge in [-0.2, -0.15) is 0 Å². The van der Waals surface area contributed by atoms with E-state index in [1.165, 1.54) is 37.5 Å². The minimum atomic E-state index is 0.258. The van der Waals surface area contributed by atoms with Crippen molar-refractivity contribution >= 4 is 16.7 Å². The highest BCUT2D eigenvalue weighted by molar-refractivity contribution is 5.89. The summed E-state index contributed by atoms with van der Waals surface area (Å²) in [4.78, 5) is 11.7. The summed E-state index contributed by atoms with van der Waals surface area (Å²) >= 11 is 0. The first-order valence-corrected chi connectivity index (χ1v) is 8.07. The number of hydrogen-bond donors (Lipinski definition) is 1. The number of aromatic nitrogens is 2. The van der Waals surface area contributed by atoms with E-state index in [0.29, 0.717) is 0 Å². The van der Waals surface area contributed by atoms with E-state index in [1.807, 2.05) is 6.07 Å². The average molecular weight is 282 g/mol. The van der Waals surface area contributed by atoms with Crippen LogP contribution < -0.4 is 10.2 Å². The Hall–Kier alpha value is -1.68. The van der Waals surface area contributed by atoms with Gasteiger partial charge in [0.25, 0.3) is 0 Å². The Kier molecular flexibility index (Phi) is 3.26. The normalized spacial score (nSPS) is 21.8. The summed E-state index contributed by atoms with van der Waals surface area (Å²) in [7, 11) is 0. The van der Waals surface area contributed by atoms with E-state index in [2.05, 4.69) is 38.4 Å². The van der Waals surface area contributed by atoms with Crippen LogP contribution in [0.5, 0.6) is 0 Å². The van der Waals surface area contributed by atoms with Crippen molar-refractivity contribution in [3.63, 3.8) is 0 Å². The van der Waals surface area contributed by atoms with E-state index in [9.17, 15) is 0 Å². The fraction of sp³-hybridized carbons (Fsp3) is 0.529. The monoisotopic (exact) mass is 282 g/mol. The number of anilines is 1. The average Bonchev–Trinajstić information content (AvgIpc) is 2.56. The fourth-order valence-electron chi connectivity index (χ4n) is 4.04. The highest BCUT2D eigenvalue weighted by atomic mass is 15.3. The third kappa shape index (κ3) is 2.18. The van der Waals surface area contributed by atoms with Crippen LogP contribution in [0, 0.1) is 0 Å². The number of nitrogens with zero attached hydrogens (tertiary/aromatic N) is 3. The molecule has 0 amide bonds. The van der Waals surface area contributed by atoms with Crippen LogP contribution in [-0.2, 0) is 0 Å². The minimum Gasteiger partial charge on any atom is -0.348 e. The molecule has 1 saturated carbocycles. The largest absolute Gasteiger partial charge is 0.348 e. The third-order valence-electron chi connectivity index (χ3n) is 5.10. The molecule has 4 heteroatoms. The van der Waals surface area contributed by atoms with Crippen molar-refractivity contribution in [1.29, 1.82) is 0 Å². The molecule has 1 aromatic heterocycles. The Morgan fingerprint density at radius 3 is 2.81 bits per heavy atom. The molecule has 1 spiro atoms. The second-order valence-corrected chi connectivity index (χ2v) is 6.33. The molecular weight excluding hydrogens is 260 g/mol. The number of fused-ring (bicyclic) bond motifs is 1. The summed E-state index contributed by atoms with van der Waals surface area (Å²) in [5.41, 5.74) is 1.31. The van der Waals surface area contributed by atoms with Gasteiger partial charge in [0.05, 0.1) is 11.1 Å². The predicted molar refractivity (Wildman–Crippen MR) is 85.6 cm³/mol. The number of piperazine rings is 1. The van der Waals surface area contributed by atoms with Gasteiger partial charge in [-0.1, -0.05) is 31.4 Å². The molecule has 2 fully saturated rings. The number of para-hydroxylation sites is 1. The standard InChI is InChI=1S/C17H22N4/c1-4-8-17(9-5-1)12-18-10-11-21(17)16-14-6-2-3-7-15(14)19-13-20-16/h2-3,6-7,13,18H,1,4-5,8-12H2. The zero-order valence-electron chi connectivity index (χ0n) is 12.4. The smallest absolute Gasteiger partial charge is 0.140 e. The first-order valence-electron chi connectivity index (χ1n) is 8.07. The van der Waals surface area contributed by atoms with Gasteiger partial charge in [0, 0.05) is 25.0 Å². The summed E-state index contributed by atoms with van der Waals surface area (Å²) < 4.78 is 0. The van der Waals surface area contributed by atoms with Crippen molar-refractivity contribution in [1.82, 2.24) is 15.3 Å². The van der Waals surface area contributed by atoms with Crippen LogP contribution in [0.1, 0.15) is 32.1 Å². The molecule has 0 bridgehead atoms. The van der Waals surface area contributed by atoms with Crippen LogP contribution in [0.4, 0.5) is 5.82 Å². The van der Waals surface area contributed by atoms with Gasteiger partial charge in [0.2, 0.25) is 0 Å². The number of benzene rings is 1. The van der Waals surface area contributed by atoms with E-state index < -0.39 is 0 Å². The van der Waals surface area contributed by atoms with E-state index >= 15 is 0 Å². The minimum absolute atomic E-state index is 0.258. The highest BCUT2D eigenvalue weighted by Crippen LogP contribution is 2.38. The molecule has 0 unspecified atom stereocenters. The van der Waals surface area contributed by atoms with E-state index in [4.69, 9.17) is 0 Å². The lowest BCUT2D eigenvalue weighted by molar-refractivity contribution is 0.240. The van der Waals surface area contributed by atoms with Crippen molar-refractivity contribution in [3.05, 3.63) is 30.6 Å². The second kappa shape index (κ2) is 5.26. The fourth-order valence-corrected chi connectivity index (χ4v) is 4.04. The summed E-state index contributed by atoms with van der Waals surface area (Å²) in [6.45, 7) is 3.17. The Morgan fingerprint density at radius 2 is 1.90 bits per heavy atom. The van der Waals surface area contributed by atoms with Crippen molar-refractivity contribution in [2.45, 2.75) is 37.6 Å². The van der Waals surface area contributed by atoms with Gasteiger partial charge in [-0.3, -0.25) is 0 Å². The van der Waals surface area contributed by atoms with Gasteiger partial charge >= 0.3 is 0 Å². The maximum Gasteiger partial charge on any atom is 0.140 e. The molecule has 21 heavy (non-hydrogen) atoms. The lowest BCUT2D eigenvalue weighted by Gasteiger charge is -2.50. The van der Waals surface area contributed by atoms with E-state index in [-0.39, 0.29) is 5.54 Å². The highest BCUT2D eigenvalue weighted by Gasteiger charge is 2.40. The number of nitrogens with one attached hydrogen (secondary N) is 1. The van der Waals surface area contributed by atoms with Crippen LogP contribution in [-0.4, -0.2) is 35.1 Å². The second-order valence-electron chi connectivity index (χ2n) is 6.33. The summed E-state index contributed by atoms with van der Waals surface area (Å²) in [5, 5.41) is 4.79. The molecule has 1 saturated heterocycles. The molecule has 0 atom stereocenters. The van der Waals surface area contributed by atoms with Gasteiger partial charge in [-0.15, -0.1) is 0 Å². The molecule has 2 aromatic rings.